The van der Waals surface area contributed by atoms with Gasteiger partial charge in [0, 0.05) is 5.56 Å². The van der Waals surface area contributed by atoms with Gasteiger partial charge in [0.15, 0.2) is 0 Å². The first-order valence-corrected chi connectivity index (χ1v) is 3.70. The van der Waals surface area contributed by atoms with Crippen LogP contribution < -0.4 is 5.73 Å². The van der Waals surface area contributed by atoms with E-state index in [-0.39, 0.29) is 0 Å². The number of cyclic esters (lactones) is 1. The number of amides is 1. The standard InChI is InChI=1S/C9H6NO3/c10-8(11)7-5-3-1-2-4-6(5)9(12)13-7/h1,3-4,7H,(H2,10,11). The van der Waals surface area contributed by atoms with Gasteiger partial charge < -0.3 is 10.5 Å². The monoisotopic (exact) mass is 176 g/mol. The zero-order valence-corrected chi connectivity index (χ0v) is 6.61. The average molecular weight is 176 g/mol. The molecule has 2 rings (SSSR count). The summed E-state index contributed by atoms with van der Waals surface area (Å²) in [5.41, 5.74) is 5.94. The Kier molecular flexibility index (Phi) is 1.55. The summed E-state index contributed by atoms with van der Waals surface area (Å²) >= 11 is 0. The maximum atomic E-state index is 11.1. The molecule has 1 unspecified atom stereocenters. The van der Waals surface area contributed by atoms with Gasteiger partial charge in [0.05, 0.1) is 5.56 Å². The van der Waals surface area contributed by atoms with Crippen LogP contribution in [-0.4, -0.2) is 11.9 Å². The molecule has 0 saturated heterocycles. The van der Waals surface area contributed by atoms with Gasteiger partial charge in [0.2, 0.25) is 6.10 Å². The molecule has 1 atom stereocenters. The fourth-order valence-corrected chi connectivity index (χ4v) is 1.29. The van der Waals surface area contributed by atoms with Crippen LogP contribution >= 0.6 is 0 Å². The Morgan fingerprint density at radius 1 is 1.62 bits per heavy atom. The molecular formula is C9H6NO3. The molecule has 0 fully saturated rings. The number of esters is 1. The first kappa shape index (κ1) is 7.79. The predicted molar refractivity (Wildman–Crippen MR) is 42.6 cm³/mol. The molecule has 1 radical (unpaired) electrons. The first-order valence-electron chi connectivity index (χ1n) is 3.70. The minimum atomic E-state index is -0.933. The van der Waals surface area contributed by atoms with E-state index < -0.39 is 18.0 Å². The summed E-state index contributed by atoms with van der Waals surface area (Å²) in [7, 11) is 0. The normalized spacial score (nSPS) is 19.4. The number of carbonyl (C=O) groups excluding carboxylic acids is 2. The van der Waals surface area contributed by atoms with Gasteiger partial charge in [-0.3, -0.25) is 4.79 Å². The van der Waals surface area contributed by atoms with Crippen LogP contribution in [0.15, 0.2) is 18.2 Å². The number of hydrogen-bond donors (Lipinski definition) is 1. The molecule has 1 aromatic rings. The summed E-state index contributed by atoms with van der Waals surface area (Å²) in [4.78, 5) is 22.0. The summed E-state index contributed by atoms with van der Waals surface area (Å²) in [6.07, 6.45) is -0.933. The Bertz CT molecular complexity index is 386. The van der Waals surface area contributed by atoms with Gasteiger partial charge >= 0.3 is 5.97 Å². The minimum Gasteiger partial charge on any atom is -0.444 e. The molecule has 65 valence electrons. The van der Waals surface area contributed by atoms with Crippen molar-refractivity contribution < 1.29 is 14.3 Å². The summed E-state index contributed by atoms with van der Waals surface area (Å²) in [5.74, 6) is -1.17. The Morgan fingerprint density at radius 2 is 2.38 bits per heavy atom. The van der Waals surface area contributed by atoms with Crippen LogP contribution in [0.25, 0.3) is 0 Å². The van der Waals surface area contributed by atoms with E-state index in [1.54, 1.807) is 12.1 Å². The second kappa shape index (κ2) is 2.58. The van der Waals surface area contributed by atoms with Crippen molar-refractivity contribution in [3.05, 3.63) is 35.4 Å². The predicted octanol–water partition coefficient (Wildman–Crippen LogP) is 0.184. The van der Waals surface area contributed by atoms with Crippen molar-refractivity contribution in [3.63, 3.8) is 0 Å². The second-order valence-corrected chi connectivity index (χ2v) is 2.70. The molecule has 1 heterocycles. The van der Waals surface area contributed by atoms with Crippen molar-refractivity contribution >= 4 is 11.9 Å². The molecule has 0 bridgehead atoms. The first-order chi connectivity index (χ1) is 6.20. The van der Waals surface area contributed by atoms with Crippen LogP contribution in [0.5, 0.6) is 0 Å². The minimum absolute atomic E-state index is 0.367. The molecule has 0 aromatic heterocycles. The molecule has 4 heteroatoms. The van der Waals surface area contributed by atoms with Gasteiger partial charge in [-0.2, -0.15) is 0 Å². The third kappa shape index (κ3) is 1.07. The lowest BCUT2D eigenvalue weighted by Gasteiger charge is -2.03. The largest absolute Gasteiger partial charge is 0.444 e. The number of nitrogens with two attached hydrogens (primary N) is 1. The summed E-state index contributed by atoms with van der Waals surface area (Å²) in [5, 5.41) is 0. The van der Waals surface area contributed by atoms with Gasteiger partial charge in [-0.25, -0.2) is 4.79 Å². The Hall–Kier alpha value is -1.84. The van der Waals surface area contributed by atoms with E-state index in [0.717, 1.165) is 0 Å². The van der Waals surface area contributed by atoms with Crippen LogP contribution in [-0.2, 0) is 9.53 Å². The molecule has 0 saturated carbocycles. The van der Waals surface area contributed by atoms with Crippen molar-refractivity contribution in [1.29, 1.82) is 0 Å². The maximum Gasteiger partial charge on any atom is 0.339 e. The Labute approximate surface area is 74.3 Å². The summed E-state index contributed by atoms with van der Waals surface area (Å²) in [6.45, 7) is 0. The highest BCUT2D eigenvalue weighted by Gasteiger charge is 2.34. The lowest BCUT2D eigenvalue weighted by atomic mass is 10.1. The second-order valence-electron chi connectivity index (χ2n) is 2.70. The van der Waals surface area contributed by atoms with Crippen molar-refractivity contribution in [2.75, 3.05) is 0 Å². The Balaban J connectivity index is 2.53. The fraction of sp³-hybridized carbons (Fsp3) is 0.111. The molecule has 0 spiro atoms. The highest BCUT2D eigenvalue weighted by molar-refractivity contribution is 5.99. The van der Waals surface area contributed by atoms with Crippen LogP contribution in [0.2, 0.25) is 0 Å². The van der Waals surface area contributed by atoms with E-state index in [0.29, 0.717) is 11.1 Å². The number of ether oxygens (including phenoxy) is 1. The van der Waals surface area contributed by atoms with Crippen molar-refractivity contribution in [2.24, 2.45) is 5.73 Å². The smallest absolute Gasteiger partial charge is 0.339 e. The molecule has 2 N–H and O–H groups in total. The van der Waals surface area contributed by atoms with Crippen LogP contribution in [0.3, 0.4) is 0 Å². The molecule has 1 amide bonds. The molecular weight excluding hydrogens is 170 g/mol. The van der Waals surface area contributed by atoms with E-state index in [2.05, 4.69) is 6.07 Å². The number of benzene rings is 1. The van der Waals surface area contributed by atoms with Gasteiger partial charge in [-0.15, -0.1) is 0 Å². The van der Waals surface area contributed by atoms with Gasteiger partial charge in [0.25, 0.3) is 5.91 Å². The van der Waals surface area contributed by atoms with E-state index >= 15 is 0 Å². The summed E-state index contributed by atoms with van der Waals surface area (Å²) in [6, 6.07) is 7.43. The van der Waals surface area contributed by atoms with Crippen LogP contribution in [0.1, 0.15) is 22.0 Å². The van der Waals surface area contributed by atoms with Crippen molar-refractivity contribution in [3.8, 4) is 0 Å². The molecule has 0 aliphatic carbocycles. The molecule has 1 aliphatic heterocycles. The van der Waals surface area contributed by atoms with Gasteiger partial charge in [0.1, 0.15) is 0 Å². The van der Waals surface area contributed by atoms with Crippen molar-refractivity contribution in [1.82, 2.24) is 0 Å². The molecule has 4 nitrogen and oxygen atoms in total. The van der Waals surface area contributed by atoms with Crippen LogP contribution in [0.4, 0.5) is 0 Å². The van der Waals surface area contributed by atoms with Gasteiger partial charge in [-0.05, 0) is 12.1 Å². The molecule has 1 aliphatic rings. The number of hydrogen-bond acceptors (Lipinski definition) is 3. The van der Waals surface area contributed by atoms with E-state index in [9.17, 15) is 9.59 Å². The lowest BCUT2D eigenvalue weighted by molar-refractivity contribution is -0.126. The highest BCUT2D eigenvalue weighted by Crippen LogP contribution is 2.29. The SMILES string of the molecule is NC(=O)C1OC(=O)c2c[c]ccc21. The average Bonchev–Trinajstić information content (AvgIpc) is 2.45. The molecule has 13 heavy (non-hydrogen) atoms. The number of rotatable bonds is 1. The van der Waals surface area contributed by atoms with E-state index in [4.69, 9.17) is 10.5 Å². The van der Waals surface area contributed by atoms with Crippen molar-refractivity contribution in [2.45, 2.75) is 6.10 Å². The third-order valence-electron chi connectivity index (χ3n) is 1.88. The maximum absolute atomic E-state index is 11.1. The highest BCUT2D eigenvalue weighted by atomic mass is 16.6. The zero-order chi connectivity index (χ0) is 9.42. The molecule has 1 aromatic carbocycles. The number of primary amides is 1. The number of fused-ring (bicyclic) bond motifs is 1. The van der Waals surface area contributed by atoms with E-state index in [1.165, 1.54) is 6.07 Å². The zero-order valence-electron chi connectivity index (χ0n) is 6.61. The fourth-order valence-electron chi connectivity index (χ4n) is 1.29. The lowest BCUT2D eigenvalue weighted by Crippen LogP contribution is -2.21. The van der Waals surface area contributed by atoms with E-state index in [1.807, 2.05) is 0 Å². The number of carbonyl (C=O) groups is 2. The topological polar surface area (TPSA) is 69.4 Å². The quantitative estimate of drug-likeness (QED) is 0.620. The third-order valence-corrected chi connectivity index (χ3v) is 1.88. The van der Waals surface area contributed by atoms with Crippen LogP contribution in [0, 0.1) is 6.07 Å². The summed E-state index contributed by atoms with van der Waals surface area (Å²) < 4.78 is 4.76. The Morgan fingerprint density at radius 3 is 3.08 bits per heavy atom. The van der Waals surface area contributed by atoms with Gasteiger partial charge in [-0.1, -0.05) is 12.1 Å².